The van der Waals surface area contributed by atoms with Crippen LogP contribution < -0.4 is 0 Å². The first-order valence-electron chi connectivity index (χ1n) is 6.43. The molecule has 0 aromatic carbocycles. The highest BCUT2D eigenvalue weighted by molar-refractivity contribution is 7.10. The van der Waals surface area contributed by atoms with Gasteiger partial charge in [-0.05, 0) is 40.7 Å². The Hall–Kier alpha value is -0.340. The fraction of sp³-hybridized carbons (Fsp3) is 0.733. The number of hydrogen-bond donors (Lipinski definition) is 1. The quantitative estimate of drug-likeness (QED) is 0.831. The molecule has 1 aromatic heterocycles. The van der Waals surface area contributed by atoms with Gasteiger partial charge in [0.1, 0.15) is 0 Å². The van der Waals surface area contributed by atoms with E-state index in [0.717, 1.165) is 12.8 Å². The second-order valence-corrected chi connectivity index (χ2v) is 7.52. The predicted octanol–water partition coefficient (Wildman–Crippen LogP) is 4.29. The van der Waals surface area contributed by atoms with Gasteiger partial charge in [0.15, 0.2) is 0 Å². The van der Waals surface area contributed by atoms with Crippen molar-refractivity contribution in [3.63, 3.8) is 0 Å². The van der Waals surface area contributed by atoms with Gasteiger partial charge in [0.05, 0.1) is 0 Å². The highest BCUT2D eigenvalue weighted by Gasteiger charge is 2.32. The molecule has 0 aliphatic heterocycles. The van der Waals surface area contributed by atoms with E-state index >= 15 is 0 Å². The molecule has 0 atom stereocenters. The average Bonchev–Trinajstić information content (AvgIpc) is 2.62. The second kappa shape index (κ2) is 5.53. The number of aryl methyl sites for hydroxylation is 1. The molecule has 2 heteroatoms. The molecule has 0 fully saturated rings. The van der Waals surface area contributed by atoms with Crippen LogP contribution in [-0.4, -0.2) is 11.7 Å². The number of aliphatic hydroxyl groups is 1. The standard InChI is InChI=1S/C15H26OS/c1-14(2,3)15(4,5)8-6-12-10-13(7-9-16)17-11-12/h10-11,16H,6-9H2,1-5H3. The third-order valence-corrected chi connectivity index (χ3v) is 5.18. The van der Waals surface area contributed by atoms with E-state index in [1.807, 2.05) is 0 Å². The molecule has 1 N–H and O–H groups in total. The summed E-state index contributed by atoms with van der Waals surface area (Å²) >= 11 is 1.77. The lowest BCUT2D eigenvalue weighted by atomic mass is 9.66. The third kappa shape index (κ3) is 4.11. The SMILES string of the molecule is CC(C)(C)C(C)(C)CCc1csc(CCO)c1. The minimum atomic E-state index is 0.257. The molecule has 0 saturated carbocycles. The molecule has 98 valence electrons. The number of thiophene rings is 1. The summed E-state index contributed by atoms with van der Waals surface area (Å²) in [5, 5.41) is 11.1. The Labute approximate surface area is 110 Å². The molecule has 0 aliphatic carbocycles. The number of hydrogen-bond acceptors (Lipinski definition) is 2. The molecule has 0 amide bonds. The van der Waals surface area contributed by atoms with Crippen LogP contribution in [0.5, 0.6) is 0 Å². The molecule has 0 unspecified atom stereocenters. The molecule has 0 bridgehead atoms. The van der Waals surface area contributed by atoms with E-state index in [2.05, 4.69) is 46.1 Å². The summed E-state index contributed by atoms with van der Waals surface area (Å²) in [4.78, 5) is 1.30. The minimum absolute atomic E-state index is 0.257. The van der Waals surface area contributed by atoms with E-state index < -0.39 is 0 Å². The lowest BCUT2D eigenvalue weighted by Crippen LogP contribution is -2.30. The van der Waals surface area contributed by atoms with Gasteiger partial charge in [-0.1, -0.05) is 34.6 Å². The zero-order valence-corrected chi connectivity index (χ0v) is 12.7. The first-order valence-corrected chi connectivity index (χ1v) is 7.31. The summed E-state index contributed by atoms with van der Waals surface area (Å²) in [6, 6.07) is 2.25. The van der Waals surface area contributed by atoms with Gasteiger partial charge in [0.2, 0.25) is 0 Å². The Morgan fingerprint density at radius 2 is 1.76 bits per heavy atom. The minimum Gasteiger partial charge on any atom is -0.396 e. The maximum absolute atomic E-state index is 8.90. The number of aliphatic hydroxyl groups excluding tert-OH is 1. The van der Waals surface area contributed by atoms with Crippen molar-refractivity contribution in [2.24, 2.45) is 10.8 Å². The largest absolute Gasteiger partial charge is 0.396 e. The van der Waals surface area contributed by atoms with E-state index in [1.165, 1.54) is 16.9 Å². The maximum atomic E-state index is 8.90. The molecule has 0 radical (unpaired) electrons. The van der Waals surface area contributed by atoms with Crippen LogP contribution in [0.4, 0.5) is 0 Å². The van der Waals surface area contributed by atoms with Crippen molar-refractivity contribution in [2.45, 2.75) is 53.9 Å². The summed E-state index contributed by atoms with van der Waals surface area (Å²) in [6.45, 7) is 11.9. The molecule has 1 nitrogen and oxygen atoms in total. The highest BCUT2D eigenvalue weighted by atomic mass is 32.1. The third-order valence-electron chi connectivity index (χ3n) is 4.14. The second-order valence-electron chi connectivity index (χ2n) is 6.53. The molecule has 0 saturated heterocycles. The van der Waals surface area contributed by atoms with Crippen LogP contribution >= 0.6 is 11.3 Å². The van der Waals surface area contributed by atoms with E-state index in [-0.39, 0.29) is 6.61 Å². The molecule has 1 rings (SSSR count). The molecular formula is C15H26OS. The van der Waals surface area contributed by atoms with Gasteiger partial charge >= 0.3 is 0 Å². The molecule has 1 heterocycles. The van der Waals surface area contributed by atoms with Crippen molar-refractivity contribution in [1.29, 1.82) is 0 Å². The molecule has 17 heavy (non-hydrogen) atoms. The lowest BCUT2D eigenvalue weighted by molar-refractivity contribution is 0.120. The Morgan fingerprint density at radius 1 is 1.12 bits per heavy atom. The topological polar surface area (TPSA) is 20.2 Å². The Morgan fingerprint density at radius 3 is 2.29 bits per heavy atom. The Bertz CT molecular complexity index is 344. The van der Waals surface area contributed by atoms with Gasteiger partial charge in [-0.25, -0.2) is 0 Å². The van der Waals surface area contributed by atoms with Crippen LogP contribution in [0.2, 0.25) is 0 Å². The van der Waals surface area contributed by atoms with Crippen LogP contribution in [0.1, 0.15) is 51.5 Å². The van der Waals surface area contributed by atoms with Gasteiger partial charge in [-0.15, -0.1) is 11.3 Å². The van der Waals surface area contributed by atoms with Crippen molar-refractivity contribution in [3.8, 4) is 0 Å². The first kappa shape index (κ1) is 14.7. The molecule has 0 aliphatic rings. The van der Waals surface area contributed by atoms with Crippen LogP contribution in [0.25, 0.3) is 0 Å². The monoisotopic (exact) mass is 254 g/mol. The normalized spacial score (nSPS) is 13.1. The Kier molecular flexibility index (Phi) is 4.79. The molecule has 0 spiro atoms. The van der Waals surface area contributed by atoms with Gasteiger partial charge in [-0.3, -0.25) is 0 Å². The van der Waals surface area contributed by atoms with Crippen molar-refractivity contribution in [1.82, 2.24) is 0 Å². The fourth-order valence-corrected chi connectivity index (χ4v) is 2.55. The van der Waals surface area contributed by atoms with E-state index in [1.54, 1.807) is 11.3 Å². The molecular weight excluding hydrogens is 228 g/mol. The first-order chi connectivity index (χ1) is 7.76. The van der Waals surface area contributed by atoms with Gasteiger partial charge in [0.25, 0.3) is 0 Å². The summed E-state index contributed by atoms with van der Waals surface area (Å²) in [5.74, 6) is 0. The molecule has 1 aromatic rings. The van der Waals surface area contributed by atoms with Crippen molar-refractivity contribution in [3.05, 3.63) is 21.9 Å². The summed E-state index contributed by atoms with van der Waals surface area (Å²) in [6.07, 6.45) is 3.16. The van der Waals surface area contributed by atoms with Crippen molar-refractivity contribution < 1.29 is 5.11 Å². The zero-order valence-electron chi connectivity index (χ0n) is 11.8. The lowest BCUT2D eigenvalue weighted by Gasteiger charge is -2.39. The van der Waals surface area contributed by atoms with Crippen LogP contribution in [0.3, 0.4) is 0 Å². The summed E-state index contributed by atoms with van der Waals surface area (Å²) in [7, 11) is 0. The average molecular weight is 254 g/mol. The smallest absolute Gasteiger partial charge is 0.0479 e. The van der Waals surface area contributed by atoms with Crippen molar-refractivity contribution >= 4 is 11.3 Å². The highest BCUT2D eigenvalue weighted by Crippen LogP contribution is 2.41. The van der Waals surface area contributed by atoms with Gasteiger partial charge < -0.3 is 5.11 Å². The van der Waals surface area contributed by atoms with Crippen LogP contribution in [-0.2, 0) is 12.8 Å². The summed E-state index contributed by atoms with van der Waals surface area (Å²) < 4.78 is 0. The van der Waals surface area contributed by atoms with E-state index in [4.69, 9.17) is 5.11 Å². The van der Waals surface area contributed by atoms with Crippen molar-refractivity contribution in [2.75, 3.05) is 6.61 Å². The predicted molar refractivity (Wildman–Crippen MR) is 76.7 cm³/mol. The van der Waals surface area contributed by atoms with Crippen LogP contribution in [0, 0.1) is 10.8 Å². The fourth-order valence-electron chi connectivity index (χ4n) is 1.63. The Balaban J connectivity index is 2.55. The van der Waals surface area contributed by atoms with E-state index in [9.17, 15) is 0 Å². The van der Waals surface area contributed by atoms with Gasteiger partial charge in [-0.2, -0.15) is 0 Å². The van der Waals surface area contributed by atoms with E-state index in [0.29, 0.717) is 10.8 Å². The van der Waals surface area contributed by atoms with Gasteiger partial charge in [0, 0.05) is 17.9 Å². The zero-order chi connectivity index (χ0) is 13.1. The number of rotatable bonds is 5. The maximum Gasteiger partial charge on any atom is 0.0479 e. The van der Waals surface area contributed by atoms with Crippen LogP contribution in [0.15, 0.2) is 11.4 Å². The summed E-state index contributed by atoms with van der Waals surface area (Å²) in [5.41, 5.74) is 2.12.